The first kappa shape index (κ1) is 21.5. The Hall–Kier alpha value is -1.79. The molecule has 0 amide bonds. The first-order chi connectivity index (χ1) is 12.7. The van der Waals surface area contributed by atoms with Gasteiger partial charge in [-0.2, -0.15) is 0 Å². The van der Waals surface area contributed by atoms with Gasteiger partial charge in [-0.25, -0.2) is 0 Å². The number of methoxy groups -OCH3 is 2. The number of rotatable bonds is 7. The maximum Gasteiger partial charge on any atom is 0.311 e. The summed E-state index contributed by atoms with van der Waals surface area (Å²) in [6, 6.07) is 3.74. The number of hydrogen-bond acceptors (Lipinski definition) is 6. The van der Waals surface area contributed by atoms with E-state index in [4.69, 9.17) is 23.7 Å². The van der Waals surface area contributed by atoms with Gasteiger partial charge in [-0.1, -0.05) is 13.8 Å². The molecule has 0 radical (unpaired) electrons. The maximum atomic E-state index is 12.2. The summed E-state index contributed by atoms with van der Waals surface area (Å²) in [5.41, 5.74) is 0.951. The topological polar surface area (TPSA) is 63.2 Å². The lowest BCUT2D eigenvalue weighted by Gasteiger charge is -2.38. The first-order valence-corrected chi connectivity index (χ1v) is 9.29. The van der Waals surface area contributed by atoms with Crippen LogP contribution in [0.25, 0.3) is 0 Å². The largest absolute Gasteiger partial charge is 0.497 e. The van der Waals surface area contributed by atoms with Crippen molar-refractivity contribution in [2.24, 2.45) is 10.8 Å². The molecule has 27 heavy (non-hydrogen) atoms. The van der Waals surface area contributed by atoms with E-state index in [1.165, 1.54) is 0 Å². The molecular formula is C21H32O6. The molecule has 1 saturated heterocycles. The highest BCUT2D eigenvalue weighted by atomic mass is 16.7. The van der Waals surface area contributed by atoms with Crippen molar-refractivity contribution in [3.63, 3.8) is 0 Å². The van der Waals surface area contributed by atoms with Gasteiger partial charge in [0.05, 0.1) is 38.4 Å². The molecule has 0 aliphatic carbocycles. The van der Waals surface area contributed by atoms with E-state index in [9.17, 15) is 4.79 Å². The van der Waals surface area contributed by atoms with Crippen molar-refractivity contribution in [1.29, 1.82) is 0 Å². The van der Waals surface area contributed by atoms with Gasteiger partial charge >= 0.3 is 5.97 Å². The first-order valence-electron chi connectivity index (χ1n) is 9.29. The maximum absolute atomic E-state index is 12.2. The number of carbonyl (C=O) groups excluding carboxylic acids is 1. The van der Waals surface area contributed by atoms with Gasteiger partial charge in [0.2, 0.25) is 0 Å². The Bertz CT molecular complexity index is 659. The molecule has 0 N–H and O–H groups in total. The SMILES string of the molecule is CCC(C)(C)C(=O)OCC1(C)COC(c2c(C)cc(OC)cc2OC)OC1. The third kappa shape index (κ3) is 4.93. The highest BCUT2D eigenvalue weighted by Crippen LogP contribution is 2.39. The normalized spacial score (nSPS) is 23.0. The molecule has 2 rings (SSSR count). The standard InChI is InChI=1S/C21H32O6/c1-8-20(3,4)19(22)27-13-21(5)11-25-18(26-12-21)17-14(2)9-15(23-6)10-16(17)24-7/h9-10,18H,8,11-13H2,1-7H3. The van der Waals surface area contributed by atoms with Crippen molar-refractivity contribution in [1.82, 2.24) is 0 Å². The summed E-state index contributed by atoms with van der Waals surface area (Å²) in [7, 11) is 3.23. The fourth-order valence-corrected chi connectivity index (χ4v) is 2.80. The lowest BCUT2D eigenvalue weighted by molar-refractivity contribution is -0.240. The number of ether oxygens (including phenoxy) is 5. The summed E-state index contributed by atoms with van der Waals surface area (Å²) in [5, 5.41) is 0. The van der Waals surface area contributed by atoms with Crippen LogP contribution >= 0.6 is 0 Å². The Morgan fingerprint density at radius 1 is 1.22 bits per heavy atom. The van der Waals surface area contributed by atoms with E-state index in [2.05, 4.69) is 0 Å². The van der Waals surface area contributed by atoms with Gasteiger partial charge in [-0.05, 0) is 38.8 Å². The molecule has 0 atom stereocenters. The molecule has 1 aliphatic rings. The zero-order valence-electron chi connectivity index (χ0n) is 17.5. The van der Waals surface area contributed by atoms with Gasteiger partial charge < -0.3 is 23.7 Å². The van der Waals surface area contributed by atoms with Crippen molar-refractivity contribution < 1.29 is 28.5 Å². The molecule has 1 aromatic rings. The van der Waals surface area contributed by atoms with Crippen LogP contribution in [-0.4, -0.2) is 40.0 Å². The van der Waals surface area contributed by atoms with Crippen LogP contribution in [0.15, 0.2) is 12.1 Å². The number of aryl methyl sites for hydroxylation is 1. The van der Waals surface area contributed by atoms with E-state index in [0.717, 1.165) is 23.3 Å². The zero-order chi connectivity index (χ0) is 20.2. The van der Waals surface area contributed by atoms with E-state index in [1.807, 2.05) is 46.8 Å². The lowest BCUT2D eigenvalue weighted by Crippen LogP contribution is -2.41. The molecule has 6 nitrogen and oxygen atoms in total. The number of esters is 1. The van der Waals surface area contributed by atoms with Crippen molar-refractivity contribution in [3.05, 3.63) is 23.3 Å². The Morgan fingerprint density at radius 2 is 1.85 bits per heavy atom. The average Bonchev–Trinajstić information content (AvgIpc) is 2.66. The average molecular weight is 380 g/mol. The fourth-order valence-electron chi connectivity index (χ4n) is 2.80. The Labute approximate surface area is 162 Å². The minimum absolute atomic E-state index is 0.194. The molecule has 0 unspecified atom stereocenters. The van der Waals surface area contributed by atoms with Gasteiger partial charge in [0.25, 0.3) is 0 Å². The van der Waals surface area contributed by atoms with Crippen LogP contribution in [0.1, 0.15) is 51.5 Å². The van der Waals surface area contributed by atoms with E-state index in [-0.39, 0.29) is 18.0 Å². The molecule has 152 valence electrons. The third-order valence-corrected chi connectivity index (χ3v) is 5.17. The predicted molar refractivity (Wildman–Crippen MR) is 102 cm³/mol. The highest BCUT2D eigenvalue weighted by molar-refractivity contribution is 5.75. The molecule has 6 heteroatoms. The van der Waals surface area contributed by atoms with E-state index in [1.54, 1.807) is 14.2 Å². The van der Waals surface area contributed by atoms with Gasteiger partial charge in [0.15, 0.2) is 6.29 Å². The van der Waals surface area contributed by atoms with Crippen LogP contribution in [0, 0.1) is 17.8 Å². The monoisotopic (exact) mass is 380 g/mol. The second kappa shape index (κ2) is 8.48. The smallest absolute Gasteiger partial charge is 0.311 e. The van der Waals surface area contributed by atoms with Gasteiger partial charge in [-0.15, -0.1) is 0 Å². The highest BCUT2D eigenvalue weighted by Gasteiger charge is 2.37. The molecule has 0 aromatic heterocycles. The Morgan fingerprint density at radius 3 is 2.37 bits per heavy atom. The molecule has 0 spiro atoms. The Kier molecular flexibility index (Phi) is 6.76. The van der Waals surface area contributed by atoms with Crippen molar-refractivity contribution in [3.8, 4) is 11.5 Å². The van der Waals surface area contributed by atoms with Crippen molar-refractivity contribution in [2.75, 3.05) is 34.0 Å². The van der Waals surface area contributed by atoms with Crippen LogP contribution in [-0.2, 0) is 19.0 Å². The van der Waals surface area contributed by atoms with Crippen LogP contribution in [0.4, 0.5) is 0 Å². The predicted octanol–water partition coefficient (Wildman–Crippen LogP) is 4.04. The number of hydrogen-bond donors (Lipinski definition) is 0. The molecule has 1 fully saturated rings. The quantitative estimate of drug-likeness (QED) is 0.665. The molecule has 1 aromatic carbocycles. The summed E-state index contributed by atoms with van der Waals surface area (Å²) in [4.78, 5) is 12.2. The fraction of sp³-hybridized carbons (Fsp3) is 0.667. The molecule has 1 heterocycles. The molecule has 0 bridgehead atoms. The minimum Gasteiger partial charge on any atom is -0.497 e. The minimum atomic E-state index is -0.526. The summed E-state index contributed by atoms with van der Waals surface area (Å²) in [6.07, 6.45) is 0.204. The number of carbonyl (C=O) groups is 1. The third-order valence-electron chi connectivity index (χ3n) is 5.17. The Balaban J connectivity index is 2.04. The summed E-state index contributed by atoms with van der Waals surface area (Å²) in [5.74, 6) is 1.19. The van der Waals surface area contributed by atoms with Crippen LogP contribution in [0.5, 0.6) is 11.5 Å². The van der Waals surface area contributed by atoms with Crippen molar-refractivity contribution in [2.45, 2.75) is 47.3 Å². The second-order valence-corrected chi connectivity index (χ2v) is 8.14. The van der Waals surface area contributed by atoms with Crippen LogP contribution in [0.3, 0.4) is 0 Å². The lowest BCUT2D eigenvalue weighted by atomic mass is 9.89. The van der Waals surface area contributed by atoms with E-state index in [0.29, 0.717) is 19.0 Å². The summed E-state index contributed by atoms with van der Waals surface area (Å²) >= 11 is 0. The summed E-state index contributed by atoms with van der Waals surface area (Å²) < 4.78 is 28.3. The molecule has 1 aliphatic heterocycles. The zero-order valence-corrected chi connectivity index (χ0v) is 17.5. The van der Waals surface area contributed by atoms with Gasteiger partial charge in [-0.3, -0.25) is 4.79 Å². The van der Waals surface area contributed by atoms with E-state index >= 15 is 0 Å². The molecule has 0 saturated carbocycles. The van der Waals surface area contributed by atoms with Crippen LogP contribution in [0.2, 0.25) is 0 Å². The number of benzene rings is 1. The molecular weight excluding hydrogens is 348 g/mol. The second-order valence-electron chi connectivity index (χ2n) is 8.14. The summed E-state index contributed by atoms with van der Waals surface area (Å²) in [6.45, 7) is 10.8. The van der Waals surface area contributed by atoms with Crippen molar-refractivity contribution >= 4 is 5.97 Å². The van der Waals surface area contributed by atoms with E-state index < -0.39 is 11.7 Å². The van der Waals surface area contributed by atoms with Gasteiger partial charge in [0.1, 0.15) is 18.1 Å². The van der Waals surface area contributed by atoms with Gasteiger partial charge in [0, 0.05) is 11.5 Å². The van der Waals surface area contributed by atoms with Crippen LogP contribution < -0.4 is 9.47 Å².